The van der Waals surface area contributed by atoms with Gasteiger partial charge in [-0.25, -0.2) is 0 Å². The van der Waals surface area contributed by atoms with Gasteiger partial charge in [-0.15, -0.1) is 0 Å². The van der Waals surface area contributed by atoms with Crippen LogP contribution in [0.4, 0.5) is 0 Å². The molecule has 2 aliphatic heterocycles. The molecule has 3 nitrogen and oxygen atoms in total. The number of ether oxygens (including phenoxy) is 2. The predicted octanol–water partition coefficient (Wildman–Crippen LogP) is 1.15. The first-order valence-electron chi connectivity index (χ1n) is 6.30. The molecule has 0 radical (unpaired) electrons. The molecule has 0 fully saturated rings. The Hall–Kier alpha value is -1.22. The maximum Gasteiger partial charge on any atom is 0.231 e. The molecule has 1 atom stereocenters. The average Bonchev–Trinajstić information content (AvgIpc) is 2.70. The lowest BCUT2D eigenvalue weighted by molar-refractivity contribution is -0.961. The molecule has 0 saturated heterocycles. The summed E-state index contributed by atoms with van der Waals surface area (Å²) in [5.74, 6) is 1.84. The van der Waals surface area contributed by atoms with Crippen LogP contribution in [0.2, 0.25) is 0 Å². The van der Waals surface area contributed by atoms with Crippen LogP contribution in [-0.2, 0) is 13.0 Å². The van der Waals surface area contributed by atoms with Gasteiger partial charge in [-0.3, -0.25) is 0 Å². The fourth-order valence-electron chi connectivity index (χ4n) is 2.67. The summed E-state index contributed by atoms with van der Waals surface area (Å²) in [6.45, 7) is 9.58. The highest BCUT2D eigenvalue weighted by Crippen LogP contribution is 2.35. The third-order valence-corrected chi connectivity index (χ3v) is 3.86. The summed E-state index contributed by atoms with van der Waals surface area (Å²) in [7, 11) is 0. The SMILES string of the molecule is CC(C)(C)[NH+]1CCc2cc3c(cc2C1)OCO3. The number of nitrogens with one attached hydrogen (secondary N) is 1. The minimum atomic E-state index is 0.314. The van der Waals surface area contributed by atoms with Crippen molar-refractivity contribution in [3.8, 4) is 11.5 Å². The van der Waals surface area contributed by atoms with Gasteiger partial charge in [0, 0.05) is 12.0 Å². The lowest BCUT2D eigenvalue weighted by Gasteiger charge is -2.36. The third-order valence-electron chi connectivity index (χ3n) is 3.86. The molecule has 0 saturated carbocycles. The van der Waals surface area contributed by atoms with Crippen molar-refractivity contribution in [2.24, 2.45) is 0 Å². The Bertz CT molecular complexity index is 448. The first kappa shape index (κ1) is 10.9. The van der Waals surface area contributed by atoms with Gasteiger partial charge in [0.15, 0.2) is 11.5 Å². The van der Waals surface area contributed by atoms with E-state index in [2.05, 4.69) is 32.9 Å². The fraction of sp³-hybridized carbons (Fsp3) is 0.571. The highest BCUT2D eigenvalue weighted by atomic mass is 16.7. The van der Waals surface area contributed by atoms with E-state index in [0.717, 1.165) is 24.5 Å². The van der Waals surface area contributed by atoms with Crippen LogP contribution in [-0.4, -0.2) is 18.9 Å². The van der Waals surface area contributed by atoms with Crippen molar-refractivity contribution < 1.29 is 14.4 Å². The second-order valence-electron chi connectivity index (χ2n) is 6.00. The third kappa shape index (κ3) is 1.89. The van der Waals surface area contributed by atoms with E-state index in [4.69, 9.17) is 9.47 Å². The van der Waals surface area contributed by atoms with Crippen LogP contribution in [0.1, 0.15) is 31.9 Å². The van der Waals surface area contributed by atoms with Gasteiger partial charge in [0.1, 0.15) is 6.54 Å². The molecule has 3 heteroatoms. The van der Waals surface area contributed by atoms with Crippen LogP contribution in [0.5, 0.6) is 11.5 Å². The van der Waals surface area contributed by atoms with E-state index >= 15 is 0 Å². The normalized spacial score (nSPS) is 22.4. The molecule has 1 N–H and O–H groups in total. The van der Waals surface area contributed by atoms with Gasteiger partial charge in [0.25, 0.3) is 0 Å². The minimum Gasteiger partial charge on any atom is -0.454 e. The Balaban J connectivity index is 1.92. The zero-order valence-electron chi connectivity index (χ0n) is 10.8. The summed E-state index contributed by atoms with van der Waals surface area (Å²) >= 11 is 0. The molecule has 1 unspecified atom stereocenters. The highest BCUT2D eigenvalue weighted by Gasteiger charge is 2.31. The van der Waals surface area contributed by atoms with Gasteiger partial charge in [0.05, 0.1) is 12.1 Å². The van der Waals surface area contributed by atoms with Gasteiger partial charge in [0.2, 0.25) is 6.79 Å². The van der Waals surface area contributed by atoms with E-state index in [1.807, 2.05) is 0 Å². The number of hydrogen-bond donors (Lipinski definition) is 1. The number of hydrogen-bond acceptors (Lipinski definition) is 2. The van der Waals surface area contributed by atoms with Crippen LogP contribution < -0.4 is 14.4 Å². The number of quaternary nitrogens is 1. The summed E-state index contributed by atoms with van der Waals surface area (Å²) < 4.78 is 10.9. The second-order valence-corrected chi connectivity index (χ2v) is 6.00. The van der Waals surface area contributed by atoms with Crippen molar-refractivity contribution in [3.63, 3.8) is 0 Å². The van der Waals surface area contributed by atoms with Crippen molar-refractivity contribution in [1.82, 2.24) is 0 Å². The molecule has 92 valence electrons. The van der Waals surface area contributed by atoms with E-state index in [9.17, 15) is 0 Å². The van der Waals surface area contributed by atoms with E-state index in [0.29, 0.717) is 12.3 Å². The van der Waals surface area contributed by atoms with Crippen LogP contribution in [0.3, 0.4) is 0 Å². The highest BCUT2D eigenvalue weighted by molar-refractivity contribution is 5.48. The maximum absolute atomic E-state index is 5.45. The molecular weight excluding hydrogens is 214 g/mol. The summed E-state index contributed by atoms with van der Waals surface area (Å²) in [6.07, 6.45) is 1.14. The Kier molecular flexibility index (Phi) is 2.33. The van der Waals surface area contributed by atoms with E-state index in [1.54, 1.807) is 4.90 Å². The van der Waals surface area contributed by atoms with Gasteiger partial charge < -0.3 is 14.4 Å². The molecule has 0 bridgehead atoms. The Morgan fingerprint density at radius 1 is 1.06 bits per heavy atom. The smallest absolute Gasteiger partial charge is 0.231 e. The van der Waals surface area contributed by atoms with Crippen molar-refractivity contribution in [3.05, 3.63) is 23.3 Å². The van der Waals surface area contributed by atoms with Gasteiger partial charge in [-0.2, -0.15) is 0 Å². The van der Waals surface area contributed by atoms with Crippen LogP contribution in [0, 0.1) is 0 Å². The summed E-state index contributed by atoms with van der Waals surface area (Å²) in [5.41, 5.74) is 3.17. The van der Waals surface area contributed by atoms with Crippen molar-refractivity contribution in [1.29, 1.82) is 0 Å². The summed E-state index contributed by atoms with van der Waals surface area (Å²) in [6, 6.07) is 4.33. The molecule has 0 aliphatic carbocycles. The molecule has 1 aromatic carbocycles. The predicted molar refractivity (Wildman–Crippen MR) is 65.6 cm³/mol. The van der Waals surface area contributed by atoms with Crippen LogP contribution in [0.15, 0.2) is 12.1 Å². The quantitative estimate of drug-likeness (QED) is 0.728. The van der Waals surface area contributed by atoms with Gasteiger partial charge >= 0.3 is 0 Å². The molecule has 2 aliphatic rings. The average molecular weight is 234 g/mol. The number of fused-ring (bicyclic) bond motifs is 2. The molecule has 0 amide bonds. The van der Waals surface area contributed by atoms with E-state index < -0.39 is 0 Å². The van der Waals surface area contributed by atoms with Crippen molar-refractivity contribution >= 4 is 0 Å². The Morgan fingerprint density at radius 3 is 2.35 bits per heavy atom. The second kappa shape index (κ2) is 3.64. The van der Waals surface area contributed by atoms with Crippen LogP contribution in [0.25, 0.3) is 0 Å². The largest absolute Gasteiger partial charge is 0.454 e. The zero-order valence-corrected chi connectivity index (χ0v) is 10.8. The summed E-state index contributed by atoms with van der Waals surface area (Å²) in [5, 5.41) is 0. The van der Waals surface area contributed by atoms with E-state index in [-0.39, 0.29) is 0 Å². The van der Waals surface area contributed by atoms with Gasteiger partial charge in [-0.1, -0.05) is 0 Å². The molecule has 2 heterocycles. The van der Waals surface area contributed by atoms with Crippen LogP contribution >= 0.6 is 0 Å². The molecular formula is C14H20NO2+. The zero-order chi connectivity index (χ0) is 12.0. The summed E-state index contributed by atoms with van der Waals surface area (Å²) in [4.78, 5) is 1.64. The molecule has 0 aromatic heterocycles. The lowest BCUT2D eigenvalue weighted by Crippen LogP contribution is -3.18. The molecule has 0 spiro atoms. The first-order chi connectivity index (χ1) is 8.04. The molecule has 3 rings (SSSR count). The topological polar surface area (TPSA) is 22.9 Å². The number of benzene rings is 1. The standard InChI is InChI=1S/C14H19NO2/c1-14(2,3)15-5-4-10-6-12-13(17-9-16-12)7-11(10)8-15/h6-7H,4-5,8-9H2,1-3H3/p+1. The van der Waals surface area contributed by atoms with Gasteiger partial charge in [-0.05, 0) is 38.5 Å². The Morgan fingerprint density at radius 2 is 1.71 bits per heavy atom. The minimum absolute atomic E-state index is 0.314. The molecule has 17 heavy (non-hydrogen) atoms. The van der Waals surface area contributed by atoms with E-state index in [1.165, 1.54) is 17.7 Å². The fourth-order valence-corrected chi connectivity index (χ4v) is 2.67. The maximum atomic E-state index is 5.45. The number of rotatable bonds is 0. The first-order valence-corrected chi connectivity index (χ1v) is 6.30. The van der Waals surface area contributed by atoms with Crippen molar-refractivity contribution in [2.45, 2.75) is 39.3 Å². The monoisotopic (exact) mass is 234 g/mol. The molecule has 1 aromatic rings. The van der Waals surface area contributed by atoms with Crippen molar-refractivity contribution in [2.75, 3.05) is 13.3 Å². The lowest BCUT2D eigenvalue weighted by atomic mass is 9.94. The Labute approximate surface area is 102 Å².